The Hall–Kier alpha value is -4.19. The summed E-state index contributed by atoms with van der Waals surface area (Å²) in [4.78, 5) is 17.2. The summed E-state index contributed by atoms with van der Waals surface area (Å²) in [7, 11) is 3.27. The molecule has 0 spiro atoms. The van der Waals surface area contributed by atoms with Gasteiger partial charge in [-0.25, -0.2) is 0 Å². The number of carbonyl (C=O) groups excluding carboxylic acids is 1. The van der Waals surface area contributed by atoms with Gasteiger partial charge in [-0.3, -0.25) is 14.0 Å². The maximum Gasteiger partial charge on any atom is 0.416 e. The number of alkyl halides is 3. The van der Waals surface area contributed by atoms with Crippen molar-refractivity contribution in [3.05, 3.63) is 71.5 Å². The van der Waals surface area contributed by atoms with Gasteiger partial charge in [-0.2, -0.15) is 23.3 Å². The fraction of sp³-hybridized carbons (Fsp3) is 0.250. The lowest BCUT2D eigenvalue weighted by Gasteiger charge is -2.11. The minimum atomic E-state index is -4.43. The normalized spacial score (nSPS) is 12.9. The topological polar surface area (TPSA) is 100 Å². The molecule has 36 heavy (non-hydrogen) atoms. The van der Waals surface area contributed by atoms with Crippen molar-refractivity contribution in [1.29, 1.82) is 0 Å². The van der Waals surface area contributed by atoms with E-state index < -0.39 is 17.8 Å². The van der Waals surface area contributed by atoms with E-state index in [4.69, 9.17) is 9.26 Å². The van der Waals surface area contributed by atoms with E-state index in [1.54, 1.807) is 47.6 Å². The first-order valence-electron chi connectivity index (χ1n) is 10.9. The molecule has 186 valence electrons. The smallest absolute Gasteiger partial charge is 0.377 e. The van der Waals surface area contributed by atoms with Crippen LogP contribution >= 0.6 is 0 Å². The third-order valence-corrected chi connectivity index (χ3v) is 5.74. The van der Waals surface area contributed by atoms with Crippen LogP contribution in [0.2, 0.25) is 0 Å². The van der Waals surface area contributed by atoms with Crippen molar-refractivity contribution in [3.8, 4) is 5.69 Å². The molecule has 0 bridgehead atoms. The molecule has 1 unspecified atom stereocenters. The van der Waals surface area contributed by atoms with E-state index in [1.807, 2.05) is 0 Å². The summed E-state index contributed by atoms with van der Waals surface area (Å²) >= 11 is 0. The standard InChI is InChI=1S/C24H21F3N6O3/c1-13(23-29-20(12-35-3)31-36-23)28-22(34)14-4-9-19-17(10-14)18-11-32(2)30-21(18)33(19)16-7-5-15(6-8-16)24(25,26)27/h4-11,13H,12H2,1-3H3,(H,28,34). The number of nitrogens with one attached hydrogen (secondary N) is 1. The number of hydrogen-bond donors (Lipinski definition) is 1. The van der Waals surface area contributed by atoms with Crippen molar-refractivity contribution in [2.75, 3.05) is 7.11 Å². The number of rotatable bonds is 6. The number of amides is 1. The lowest BCUT2D eigenvalue weighted by Crippen LogP contribution is -2.26. The Morgan fingerprint density at radius 3 is 2.61 bits per heavy atom. The highest BCUT2D eigenvalue weighted by atomic mass is 19.4. The fourth-order valence-corrected chi connectivity index (χ4v) is 4.07. The summed E-state index contributed by atoms with van der Waals surface area (Å²) in [6.07, 6.45) is -2.62. The number of halogens is 3. The van der Waals surface area contributed by atoms with E-state index in [0.29, 0.717) is 28.2 Å². The van der Waals surface area contributed by atoms with E-state index in [0.717, 1.165) is 22.9 Å². The highest BCUT2D eigenvalue weighted by Crippen LogP contribution is 2.34. The first kappa shape index (κ1) is 23.5. The molecule has 1 N–H and O–H groups in total. The Morgan fingerprint density at radius 2 is 1.92 bits per heavy atom. The minimum Gasteiger partial charge on any atom is -0.377 e. The Kier molecular flexibility index (Phi) is 5.75. The zero-order chi connectivity index (χ0) is 25.6. The molecule has 0 aliphatic heterocycles. The zero-order valence-electron chi connectivity index (χ0n) is 19.5. The monoisotopic (exact) mass is 498 g/mol. The summed E-state index contributed by atoms with van der Waals surface area (Å²) in [6, 6.07) is 9.46. The second-order valence-corrected chi connectivity index (χ2v) is 8.33. The van der Waals surface area contributed by atoms with Crippen molar-refractivity contribution in [1.82, 2.24) is 29.8 Å². The Balaban J connectivity index is 1.50. The Labute approximate surface area is 202 Å². The first-order valence-corrected chi connectivity index (χ1v) is 10.9. The largest absolute Gasteiger partial charge is 0.416 e. The fourth-order valence-electron chi connectivity index (χ4n) is 4.07. The second-order valence-electron chi connectivity index (χ2n) is 8.33. The Bertz CT molecular complexity index is 1570. The van der Waals surface area contributed by atoms with E-state index in [1.165, 1.54) is 19.2 Å². The van der Waals surface area contributed by atoms with Crippen molar-refractivity contribution in [2.45, 2.75) is 25.7 Å². The summed E-state index contributed by atoms with van der Waals surface area (Å²) in [6.45, 7) is 1.92. The van der Waals surface area contributed by atoms with Crippen LogP contribution < -0.4 is 5.32 Å². The van der Waals surface area contributed by atoms with E-state index in [-0.39, 0.29) is 18.4 Å². The van der Waals surface area contributed by atoms with Gasteiger partial charge in [0, 0.05) is 42.4 Å². The molecule has 0 saturated carbocycles. The number of fused-ring (bicyclic) bond motifs is 3. The van der Waals surface area contributed by atoms with Crippen molar-refractivity contribution in [2.24, 2.45) is 7.05 Å². The molecule has 5 aromatic rings. The summed E-state index contributed by atoms with van der Waals surface area (Å²) in [5, 5.41) is 12.6. The lowest BCUT2D eigenvalue weighted by molar-refractivity contribution is -0.137. The number of aromatic nitrogens is 5. The molecule has 0 aliphatic carbocycles. The summed E-state index contributed by atoms with van der Waals surface area (Å²) in [5.41, 5.74) is 1.45. The Morgan fingerprint density at radius 1 is 1.17 bits per heavy atom. The molecule has 12 heteroatoms. The van der Waals surface area contributed by atoms with Gasteiger partial charge in [0.2, 0.25) is 5.89 Å². The molecule has 3 aromatic heterocycles. The number of benzene rings is 2. The summed E-state index contributed by atoms with van der Waals surface area (Å²) in [5.74, 6) is 0.272. The van der Waals surface area contributed by atoms with Crippen LogP contribution in [0.4, 0.5) is 13.2 Å². The SMILES string of the molecule is COCc1noc(C(C)NC(=O)c2ccc3c(c2)c2cn(C)nc2n3-c2ccc(C(F)(F)F)cc2)n1. The molecule has 1 atom stereocenters. The number of carbonyl (C=O) groups is 1. The number of hydrogen-bond acceptors (Lipinski definition) is 6. The van der Waals surface area contributed by atoms with Gasteiger partial charge in [-0.05, 0) is 49.4 Å². The number of nitrogens with zero attached hydrogens (tertiary/aromatic N) is 5. The predicted octanol–water partition coefficient (Wildman–Crippen LogP) is 4.56. The number of methoxy groups -OCH3 is 1. The maximum absolute atomic E-state index is 13.0. The van der Waals surface area contributed by atoms with Crippen LogP contribution in [0.1, 0.15) is 40.6 Å². The quantitative estimate of drug-likeness (QED) is 0.369. The maximum atomic E-state index is 13.0. The number of aryl methyl sites for hydroxylation is 1. The molecule has 1 amide bonds. The van der Waals surface area contributed by atoms with Crippen LogP contribution in [0.3, 0.4) is 0 Å². The van der Waals surface area contributed by atoms with Crippen LogP contribution in [-0.4, -0.2) is 37.5 Å². The molecule has 0 aliphatic rings. The van der Waals surface area contributed by atoms with Crippen LogP contribution in [-0.2, 0) is 24.6 Å². The van der Waals surface area contributed by atoms with Gasteiger partial charge in [-0.1, -0.05) is 5.16 Å². The van der Waals surface area contributed by atoms with Gasteiger partial charge >= 0.3 is 6.18 Å². The highest BCUT2D eigenvalue weighted by Gasteiger charge is 2.30. The molecule has 0 radical (unpaired) electrons. The third kappa shape index (κ3) is 4.19. The van der Waals surface area contributed by atoms with Crippen LogP contribution in [0.5, 0.6) is 0 Å². The van der Waals surface area contributed by atoms with Gasteiger partial charge in [0.25, 0.3) is 5.91 Å². The van der Waals surface area contributed by atoms with Crippen LogP contribution in [0.25, 0.3) is 27.6 Å². The third-order valence-electron chi connectivity index (χ3n) is 5.74. The minimum absolute atomic E-state index is 0.192. The van der Waals surface area contributed by atoms with Crippen molar-refractivity contribution >= 4 is 27.8 Å². The van der Waals surface area contributed by atoms with Gasteiger partial charge < -0.3 is 14.6 Å². The van der Waals surface area contributed by atoms with E-state index in [2.05, 4.69) is 20.6 Å². The first-order chi connectivity index (χ1) is 17.2. The molecule has 9 nitrogen and oxygen atoms in total. The van der Waals surface area contributed by atoms with Crippen LogP contribution in [0.15, 0.2) is 53.2 Å². The molecule has 0 fully saturated rings. The van der Waals surface area contributed by atoms with Gasteiger partial charge in [0.1, 0.15) is 12.6 Å². The molecule has 5 rings (SSSR count). The van der Waals surface area contributed by atoms with Gasteiger partial charge in [0.05, 0.1) is 11.1 Å². The predicted molar refractivity (Wildman–Crippen MR) is 123 cm³/mol. The second kappa shape index (κ2) is 8.79. The van der Waals surface area contributed by atoms with Gasteiger partial charge in [0.15, 0.2) is 11.5 Å². The van der Waals surface area contributed by atoms with Crippen molar-refractivity contribution in [3.63, 3.8) is 0 Å². The van der Waals surface area contributed by atoms with Crippen molar-refractivity contribution < 1.29 is 27.2 Å². The average molecular weight is 498 g/mol. The molecule has 2 aromatic carbocycles. The highest BCUT2D eigenvalue weighted by molar-refractivity contribution is 6.10. The van der Waals surface area contributed by atoms with E-state index >= 15 is 0 Å². The molecule has 3 heterocycles. The molecular weight excluding hydrogens is 477 g/mol. The van der Waals surface area contributed by atoms with Crippen LogP contribution in [0, 0.1) is 0 Å². The zero-order valence-corrected chi connectivity index (χ0v) is 19.5. The lowest BCUT2D eigenvalue weighted by atomic mass is 10.1. The molecule has 0 saturated heterocycles. The summed E-state index contributed by atoms with van der Waals surface area (Å²) < 4.78 is 52.7. The molecular formula is C24H21F3N6O3. The van der Waals surface area contributed by atoms with E-state index in [9.17, 15) is 18.0 Å². The average Bonchev–Trinajstić information content (AvgIpc) is 3.52. The number of ether oxygens (including phenoxy) is 1. The van der Waals surface area contributed by atoms with Gasteiger partial charge in [-0.15, -0.1) is 0 Å².